The summed E-state index contributed by atoms with van der Waals surface area (Å²) in [5.74, 6) is -1.89. The van der Waals surface area contributed by atoms with Gasteiger partial charge >= 0.3 is 11.9 Å². The molecule has 1 atom stereocenters. The number of carboxylic acid groups (broad SMARTS) is 1. The Kier molecular flexibility index (Phi) is 3.13. The molecule has 2 N–H and O–H groups in total. The first-order chi connectivity index (χ1) is 6.43. The maximum Gasteiger partial charge on any atom is 0.394 e. The Morgan fingerprint density at radius 3 is 2.57 bits per heavy atom. The van der Waals surface area contributed by atoms with E-state index in [0.29, 0.717) is 12.5 Å². The number of carboxylic acids is 1. The second-order valence-electron chi connectivity index (χ2n) is 4.59. The lowest BCUT2D eigenvalue weighted by Crippen LogP contribution is -2.37. The highest BCUT2D eigenvalue weighted by atomic mass is 16.4. The molecule has 1 rings (SSSR count). The van der Waals surface area contributed by atoms with Crippen molar-refractivity contribution in [2.24, 2.45) is 11.3 Å². The molecule has 1 amide bonds. The standard InChI is InChI=1S/C10H17NO3/c1-10(2)5-3-4-7(10)6-11-8(12)9(13)14/h7H,3-6H2,1-2H3,(H,11,12)(H,13,14). The lowest BCUT2D eigenvalue weighted by Gasteiger charge is -2.26. The van der Waals surface area contributed by atoms with Gasteiger partial charge in [0.05, 0.1) is 0 Å². The summed E-state index contributed by atoms with van der Waals surface area (Å²) in [6.07, 6.45) is 3.40. The van der Waals surface area contributed by atoms with Crippen LogP contribution in [0, 0.1) is 11.3 Å². The van der Waals surface area contributed by atoms with Crippen molar-refractivity contribution in [2.75, 3.05) is 6.54 Å². The molecular weight excluding hydrogens is 182 g/mol. The Morgan fingerprint density at radius 1 is 1.50 bits per heavy atom. The minimum Gasteiger partial charge on any atom is -0.474 e. The SMILES string of the molecule is CC1(C)CCCC1CNC(=O)C(=O)O. The summed E-state index contributed by atoms with van der Waals surface area (Å²) >= 11 is 0. The molecule has 1 aliphatic carbocycles. The summed E-state index contributed by atoms with van der Waals surface area (Å²) < 4.78 is 0. The van der Waals surface area contributed by atoms with Crippen LogP contribution in [0.5, 0.6) is 0 Å². The number of hydrogen-bond donors (Lipinski definition) is 2. The fourth-order valence-corrected chi connectivity index (χ4v) is 2.07. The molecule has 0 bridgehead atoms. The predicted octanol–water partition coefficient (Wildman–Crippen LogP) is 1.01. The Morgan fingerprint density at radius 2 is 2.14 bits per heavy atom. The van der Waals surface area contributed by atoms with Crippen molar-refractivity contribution < 1.29 is 14.7 Å². The van der Waals surface area contributed by atoms with Gasteiger partial charge in [-0.1, -0.05) is 20.3 Å². The van der Waals surface area contributed by atoms with Gasteiger partial charge in [0.2, 0.25) is 0 Å². The van der Waals surface area contributed by atoms with Crippen LogP contribution in [0.25, 0.3) is 0 Å². The summed E-state index contributed by atoms with van der Waals surface area (Å²) in [7, 11) is 0. The van der Waals surface area contributed by atoms with Crippen LogP contribution >= 0.6 is 0 Å². The number of hydrogen-bond acceptors (Lipinski definition) is 2. The normalized spacial score (nSPS) is 24.6. The van der Waals surface area contributed by atoms with Crippen molar-refractivity contribution in [1.29, 1.82) is 0 Å². The van der Waals surface area contributed by atoms with E-state index in [-0.39, 0.29) is 5.41 Å². The highest BCUT2D eigenvalue weighted by Gasteiger charge is 2.34. The van der Waals surface area contributed by atoms with E-state index in [1.165, 1.54) is 6.42 Å². The van der Waals surface area contributed by atoms with E-state index in [4.69, 9.17) is 5.11 Å². The topological polar surface area (TPSA) is 66.4 Å². The molecule has 4 heteroatoms. The van der Waals surface area contributed by atoms with E-state index < -0.39 is 11.9 Å². The smallest absolute Gasteiger partial charge is 0.394 e. The minimum absolute atomic E-state index is 0.228. The monoisotopic (exact) mass is 199 g/mol. The fourth-order valence-electron chi connectivity index (χ4n) is 2.07. The van der Waals surface area contributed by atoms with Gasteiger partial charge in [-0.3, -0.25) is 4.79 Å². The van der Waals surface area contributed by atoms with Crippen molar-refractivity contribution in [3.05, 3.63) is 0 Å². The molecule has 14 heavy (non-hydrogen) atoms. The van der Waals surface area contributed by atoms with Crippen LogP contribution in [0.4, 0.5) is 0 Å². The van der Waals surface area contributed by atoms with Crippen LogP contribution in [0.15, 0.2) is 0 Å². The average molecular weight is 199 g/mol. The average Bonchev–Trinajstić information content (AvgIpc) is 2.40. The molecule has 0 aromatic carbocycles. The molecule has 0 heterocycles. The zero-order valence-electron chi connectivity index (χ0n) is 8.67. The molecule has 1 saturated carbocycles. The number of rotatable bonds is 2. The summed E-state index contributed by atoms with van der Waals surface area (Å²) in [6.45, 7) is 4.81. The molecule has 0 aromatic heterocycles. The molecular formula is C10H17NO3. The van der Waals surface area contributed by atoms with Crippen molar-refractivity contribution in [2.45, 2.75) is 33.1 Å². The third-order valence-electron chi connectivity index (χ3n) is 3.18. The van der Waals surface area contributed by atoms with Crippen LogP contribution in [0.1, 0.15) is 33.1 Å². The van der Waals surface area contributed by atoms with E-state index >= 15 is 0 Å². The molecule has 1 fully saturated rings. The predicted molar refractivity (Wildman–Crippen MR) is 51.8 cm³/mol. The van der Waals surface area contributed by atoms with Crippen molar-refractivity contribution in [1.82, 2.24) is 5.32 Å². The van der Waals surface area contributed by atoms with Gasteiger partial charge in [-0.25, -0.2) is 4.79 Å². The van der Waals surface area contributed by atoms with Gasteiger partial charge < -0.3 is 10.4 Å². The van der Waals surface area contributed by atoms with Gasteiger partial charge in [0.1, 0.15) is 0 Å². The van der Waals surface area contributed by atoms with Crippen LogP contribution < -0.4 is 5.32 Å². The Labute approximate surface area is 83.7 Å². The van der Waals surface area contributed by atoms with Gasteiger partial charge in [0, 0.05) is 6.54 Å². The number of carbonyl (C=O) groups excluding carboxylic acids is 1. The fraction of sp³-hybridized carbons (Fsp3) is 0.800. The van der Waals surface area contributed by atoms with Crippen LogP contribution in [0.3, 0.4) is 0 Å². The number of aliphatic carboxylic acids is 1. The second kappa shape index (κ2) is 3.98. The Bertz CT molecular complexity index is 248. The van der Waals surface area contributed by atoms with E-state index in [2.05, 4.69) is 19.2 Å². The zero-order valence-corrected chi connectivity index (χ0v) is 8.67. The quantitative estimate of drug-likeness (QED) is 0.652. The largest absolute Gasteiger partial charge is 0.474 e. The first kappa shape index (κ1) is 11.0. The second-order valence-corrected chi connectivity index (χ2v) is 4.59. The Hall–Kier alpha value is -1.06. The van der Waals surface area contributed by atoms with Gasteiger partial charge in [-0.15, -0.1) is 0 Å². The molecule has 0 aromatic rings. The van der Waals surface area contributed by atoms with Crippen LogP contribution in [-0.2, 0) is 9.59 Å². The highest BCUT2D eigenvalue weighted by Crippen LogP contribution is 2.41. The summed E-state index contributed by atoms with van der Waals surface area (Å²) in [6, 6.07) is 0. The summed E-state index contributed by atoms with van der Waals surface area (Å²) in [4.78, 5) is 21.1. The van der Waals surface area contributed by atoms with Crippen molar-refractivity contribution >= 4 is 11.9 Å². The van der Waals surface area contributed by atoms with Crippen molar-refractivity contribution in [3.63, 3.8) is 0 Å². The first-order valence-corrected chi connectivity index (χ1v) is 4.94. The molecule has 80 valence electrons. The lowest BCUT2D eigenvalue weighted by molar-refractivity contribution is -0.150. The molecule has 1 unspecified atom stereocenters. The maximum atomic E-state index is 10.8. The third-order valence-corrected chi connectivity index (χ3v) is 3.18. The van der Waals surface area contributed by atoms with E-state index in [9.17, 15) is 9.59 Å². The van der Waals surface area contributed by atoms with Crippen molar-refractivity contribution in [3.8, 4) is 0 Å². The maximum absolute atomic E-state index is 10.8. The lowest BCUT2D eigenvalue weighted by atomic mass is 9.82. The number of carbonyl (C=O) groups is 2. The van der Waals surface area contributed by atoms with Crippen LogP contribution in [0.2, 0.25) is 0 Å². The highest BCUT2D eigenvalue weighted by molar-refractivity contribution is 6.31. The van der Waals surface area contributed by atoms with Crippen LogP contribution in [-0.4, -0.2) is 23.5 Å². The molecule has 1 aliphatic rings. The van der Waals surface area contributed by atoms with E-state index in [0.717, 1.165) is 12.8 Å². The minimum atomic E-state index is -1.40. The van der Waals surface area contributed by atoms with Gasteiger partial charge in [-0.2, -0.15) is 0 Å². The van der Waals surface area contributed by atoms with E-state index in [1.807, 2.05) is 0 Å². The van der Waals surface area contributed by atoms with Gasteiger partial charge in [0.15, 0.2) is 0 Å². The van der Waals surface area contributed by atoms with Gasteiger partial charge in [0.25, 0.3) is 0 Å². The van der Waals surface area contributed by atoms with E-state index in [1.54, 1.807) is 0 Å². The third kappa shape index (κ3) is 2.47. The zero-order chi connectivity index (χ0) is 10.8. The Balaban J connectivity index is 2.38. The molecule has 0 spiro atoms. The first-order valence-electron chi connectivity index (χ1n) is 4.94. The molecule has 0 aliphatic heterocycles. The molecule has 0 radical (unpaired) electrons. The molecule has 0 saturated heterocycles. The summed E-state index contributed by atoms with van der Waals surface area (Å²) in [5, 5.41) is 10.8. The van der Waals surface area contributed by atoms with Gasteiger partial charge in [-0.05, 0) is 24.2 Å². The number of nitrogens with one attached hydrogen (secondary N) is 1. The summed E-state index contributed by atoms with van der Waals surface area (Å²) in [5.41, 5.74) is 0.228. The number of amides is 1. The molecule has 4 nitrogen and oxygen atoms in total.